The van der Waals surface area contributed by atoms with Crippen LogP contribution in [-0.4, -0.2) is 45.8 Å². The molecule has 1 fully saturated rings. The highest BCUT2D eigenvalue weighted by Crippen LogP contribution is 2.22. The fourth-order valence-electron chi connectivity index (χ4n) is 3.32. The van der Waals surface area contributed by atoms with Gasteiger partial charge in [-0.25, -0.2) is 13.9 Å². The van der Waals surface area contributed by atoms with Gasteiger partial charge < -0.3 is 4.74 Å². The van der Waals surface area contributed by atoms with Gasteiger partial charge in [0.15, 0.2) is 10.8 Å². The van der Waals surface area contributed by atoms with E-state index >= 15 is 0 Å². The number of rotatable bonds is 4. The molecule has 0 amide bonds. The molecule has 7 heteroatoms. The summed E-state index contributed by atoms with van der Waals surface area (Å²) in [4.78, 5) is 7.08. The molecule has 0 N–H and O–H groups in total. The third-order valence-corrected chi connectivity index (χ3v) is 4.89. The van der Waals surface area contributed by atoms with Crippen LogP contribution < -0.4 is 0 Å². The normalized spacial score (nSPS) is 15.7. The molecule has 0 radical (unpaired) electrons. The van der Waals surface area contributed by atoms with E-state index in [-0.39, 0.29) is 5.82 Å². The standard InChI is InChI=1S/C19H20ClFN4O/c1-13-17(10-14-2-4-16(21)5-3-14)25-19(22-13)15(11-18(20)23-25)12-24-6-8-26-9-7-24/h2-5,11H,6-10,12H2,1H3. The summed E-state index contributed by atoms with van der Waals surface area (Å²) in [5.41, 5.74) is 4.77. The Morgan fingerprint density at radius 3 is 2.65 bits per heavy atom. The molecule has 5 nitrogen and oxygen atoms in total. The summed E-state index contributed by atoms with van der Waals surface area (Å²) >= 11 is 6.29. The highest BCUT2D eigenvalue weighted by atomic mass is 35.5. The Morgan fingerprint density at radius 1 is 1.19 bits per heavy atom. The lowest BCUT2D eigenvalue weighted by Crippen LogP contribution is -2.35. The van der Waals surface area contributed by atoms with Crippen molar-refractivity contribution in [3.63, 3.8) is 0 Å². The van der Waals surface area contributed by atoms with Gasteiger partial charge >= 0.3 is 0 Å². The maximum absolute atomic E-state index is 13.2. The van der Waals surface area contributed by atoms with Crippen LogP contribution in [0.25, 0.3) is 5.65 Å². The lowest BCUT2D eigenvalue weighted by atomic mass is 10.1. The molecule has 136 valence electrons. The van der Waals surface area contributed by atoms with Crippen molar-refractivity contribution < 1.29 is 9.13 Å². The summed E-state index contributed by atoms with van der Waals surface area (Å²) in [5.74, 6) is -0.238. The van der Waals surface area contributed by atoms with Crippen molar-refractivity contribution in [1.82, 2.24) is 19.5 Å². The number of hydrogen-bond donors (Lipinski definition) is 0. The number of fused-ring (bicyclic) bond motifs is 1. The first-order valence-corrected chi connectivity index (χ1v) is 9.06. The molecule has 0 saturated carbocycles. The zero-order chi connectivity index (χ0) is 18.1. The van der Waals surface area contributed by atoms with Crippen LogP contribution in [0.1, 0.15) is 22.5 Å². The number of benzene rings is 1. The molecule has 1 aliphatic heterocycles. The summed E-state index contributed by atoms with van der Waals surface area (Å²) in [6.07, 6.45) is 0.623. The second-order valence-corrected chi connectivity index (χ2v) is 6.95. The van der Waals surface area contributed by atoms with Crippen molar-refractivity contribution in [2.24, 2.45) is 0 Å². The molecule has 1 aromatic carbocycles. The maximum Gasteiger partial charge on any atom is 0.158 e. The zero-order valence-electron chi connectivity index (χ0n) is 14.6. The molecule has 0 bridgehead atoms. The Bertz CT molecular complexity index is 919. The average Bonchev–Trinajstić information content (AvgIpc) is 2.94. The van der Waals surface area contributed by atoms with E-state index in [0.717, 1.165) is 61.0 Å². The van der Waals surface area contributed by atoms with Crippen molar-refractivity contribution in [2.45, 2.75) is 19.9 Å². The van der Waals surface area contributed by atoms with Crippen LogP contribution in [0.15, 0.2) is 30.3 Å². The molecule has 1 aliphatic rings. The number of hydrogen-bond acceptors (Lipinski definition) is 4. The van der Waals surface area contributed by atoms with Gasteiger partial charge in [-0.1, -0.05) is 23.7 Å². The Morgan fingerprint density at radius 2 is 1.92 bits per heavy atom. The van der Waals surface area contributed by atoms with Crippen molar-refractivity contribution in [2.75, 3.05) is 26.3 Å². The van der Waals surface area contributed by atoms with Crippen LogP contribution >= 0.6 is 11.6 Å². The predicted octanol–water partition coefficient (Wildman–Crippen LogP) is 3.25. The second-order valence-electron chi connectivity index (χ2n) is 6.56. The predicted molar refractivity (Wildman–Crippen MR) is 98.0 cm³/mol. The lowest BCUT2D eigenvalue weighted by molar-refractivity contribution is 0.0343. The van der Waals surface area contributed by atoms with Gasteiger partial charge in [0.1, 0.15) is 5.82 Å². The maximum atomic E-state index is 13.2. The largest absolute Gasteiger partial charge is 0.379 e. The smallest absolute Gasteiger partial charge is 0.158 e. The van der Waals surface area contributed by atoms with E-state index in [1.54, 1.807) is 12.1 Å². The van der Waals surface area contributed by atoms with Crippen molar-refractivity contribution in [3.05, 3.63) is 63.8 Å². The second kappa shape index (κ2) is 7.31. The zero-order valence-corrected chi connectivity index (χ0v) is 15.3. The summed E-state index contributed by atoms with van der Waals surface area (Å²) in [7, 11) is 0. The number of aromatic nitrogens is 3. The van der Waals surface area contributed by atoms with Gasteiger partial charge in [-0.15, -0.1) is 0 Å². The minimum absolute atomic E-state index is 0.238. The fraction of sp³-hybridized carbons (Fsp3) is 0.368. The van der Waals surface area contributed by atoms with Crippen molar-refractivity contribution in [3.8, 4) is 0 Å². The summed E-state index contributed by atoms with van der Waals surface area (Å²) in [6, 6.07) is 8.40. The molecule has 3 heterocycles. The summed E-state index contributed by atoms with van der Waals surface area (Å²) < 4.78 is 20.4. The SMILES string of the molecule is Cc1nc2c(CN3CCOCC3)cc(Cl)nn2c1Cc1ccc(F)cc1. The highest BCUT2D eigenvalue weighted by Gasteiger charge is 2.18. The molecule has 0 spiro atoms. The van der Waals surface area contributed by atoms with Gasteiger partial charge in [0.05, 0.1) is 24.6 Å². The molecule has 0 unspecified atom stereocenters. The van der Waals surface area contributed by atoms with Crippen LogP contribution in [0.4, 0.5) is 4.39 Å². The monoisotopic (exact) mass is 374 g/mol. The topological polar surface area (TPSA) is 42.7 Å². The lowest BCUT2D eigenvalue weighted by Gasteiger charge is -2.26. The quantitative estimate of drug-likeness (QED) is 0.703. The van der Waals surface area contributed by atoms with E-state index < -0.39 is 0 Å². The fourth-order valence-corrected chi connectivity index (χ4v) is 3.52. The molecular weight excluding hydrogens is 355 g/mol. The third kappa shape index (κ3) is 3.58. The van der Waals surface area contributed by atoms with E-state index in [1.165, 1.54) is 12.1 Å². The van der Waals surface area contributed by atoms with E-state index in [0.29, 0.717) is 11.6 Å². The molecule has 2 aromatic heterocycles. The number of aryl methyl sites for hydroxylation is 1. The van der Waals surface area contributed by atoms with Gasteiger partial charge in [0.25, 0.3) is 0 Å². The number of halogens is 2. The summed E-state index contributed by atoms with van der Waals surface area (Å²) in [5, 5.41) is 4.91. The van der Waals surface area contributed by atoms with Crippen molar-refractivity contribution >= 4 is 17.2 Å². The third-order valence-electron chi connectivity index (χ3n) is 4.71. The van der Waals surface area contributed by atoms with E-state index in [4.69, 9.17) is 21.3 Å². The Hall–Kier alpha value is -2.02. The molecule has 0 atom stereocenters. The number of ether oxygens (including phenoxy) is 1. The van der Waals surface area contributed by atoms with E-state index in [2.05, 4.69) is 10.00 Å². The summed E-state index contributed by atoms with van der Waals surface area (Å²) in [6.45, 7) is 6.03. The Labute approximate surface area is 156 Å². The molecule has 4 rings (SSSR count). The van der Waals surface area contributed by atoms with Crippen molar-refractivity contribution in [1.29, 1.82) is 0 Å². The molecule has 0 aliphatic carbocycles. The van der Waals surface area contributed by atoms with Crippen LogP contribution in [-0.2, 0) is 17.7 Å². The average molecular weight is 375 g/mol. The highest BCUT2D eigenvalue weighted by molar-refractivity contribution is 6.29. The van der Waals surface area contributed by atoms with Gasteiger partial charge in [-0.3, -0.25) is 4.90 Å². The Kier molecular flexibility index (Phi) is 4.89. The van der Waals surface area contributed by atoms with Crippen LogP contribution in [0.2, 0.25) is 5.15 Å². The van der Waals surface area contributed by atoms with Gasteiger partial charge in [0.2, 0.25) is 0 Å². The molecule has 1 saturated heterocycles. The van der Waals surface area contributed by atoms with E-state index in [1.807, 2.05) is 17.5 Å². The van der Waals surface area contributed by atoms with Crippen LogP contribution in [0.5, 0.6) is 0 Å². The van der Waals surface area contributed by atoms with Crippen LogP contribution in [0, 0.1) is 12.7 Å². The minimum atomic E-state index is -0.238. The number of morpholine rings is 1. The molecule has 3 aromatic rings. The molecular formula is C19H20ClFN4O. The minimum Gasteiger partial charge on any atom is -0.379 e. The van der Waals surface area contributed by atoms with Gasteiger partial charge in [0, 0.05) is 31.6 Å². The Balaban J connectivity index is 1.70. The number of imidazole rings is 1. The van der Waals surface area contributed by atoms with Gasteiger partial charge in [-0.2, -0.15) is 5.10 Å². The first-order chi connectivity index (χ1) is 12.6. The number of nitrogens with zero attached hydrogens (tertiary/aromatic N) is 4. The van der Waals surface area contributed by atoms with Gasteiger partial charge in [-0.05, 0) is 30.7 Å². The first-order valence-electron chi connectivity index (χ1n) is 8.68. The molecule has 26 heavy (non-hydrogen) atoms. The van der Waals surface area contributed by atoms with Crippen LogP contribution in [0.3, 0.4) is 0 Å². The first kappa shape index (κ1) is 17.4. The van der Waals surface area contributed by atoms with E-state index in [9.17, 15) is 4.39 Å².